The summed E-state index contributed by atoms with van der Waals surface area (Å²) >= 11 is 0. The molecule has 0 aliphatic heterocycles. The highest BCUT2D eigenvalue weighted by Crippen LogP contribution is 2.33. The van der Waals surface area contributed by atoms with Crippen molar-refractivity contribution in [2.24, 2.45) is 0 Å². The third kappa shape index (κ3) is 4.80. The van der Waals surface area contributed by atoms with Crippen LogP contribution in [0.4, 0.5) is 19.0 Å². The molecule has 0 spiro atoms. The molecule has 2 N–H and O–H groups in total. The summed E-state index contributed by atoms with van der Waals surface area (Å²) in [5, 5.41) is 6.24. The van der Waals surface area contributed by atoms with Crippen molar-refractivity contribution in [3.05, 3.63) is 86.9 Å². The number of hydrogen-bond acceptors (Lipinski definition) is 8. The second-order valence-corrected chi connectivity index (χ2v) is 8.19. The number of H-pyrrole nitrogens is 1. The number of hydrogen-bond donors (Lipinski definition) is 2. The van der Waals surface area contributed by atoms with Crippen LogP contribution in [-0.2, 0) is 24.1 Å². The molecule has 1 amide bonds. The Kier molecular flexibility index (Phi) is 6.10. The smallest absolute Gasteiger partial charge is 0.364 e. The number of carbonyl (C=O) groups is 1. The van der Waals surface area contributed by atoms with Crippen molar-refractivity contribution in [3.63, 3.8) is 0 Å². The SMILES string of the molecule is Cc1ncc(-c2cccc(NC(=O)Cn3cnc4[nH]c(=O)n(Cc5ccon5)c(=O)c43)n2)cc1C(F)(F)F. The number of aromatic amines is 1. The maximum atomic E-state index is 13.3. The molecule has 0 saturated heterocycles. The van der Waals surface area contributed by atoms with Crippen molar-refractivity contribution in [1.29, 1.82) is 0 Å². The van der Waals surface area contributed by atoms with Gasteiger partial charge in [0.05, 0.1) is 24.1 Å². The summed E-state index contributed by atoms with van der Waals surface area (Å²) in [6.07, 6.45) is -0.789. The fraction of sp³-hybridized carbons (Fsp3) is 0.174. The number of nitrogens with zero attached hydrogens (tertiary/aromatic N) is 6. The van der Waals surface area contributed by atoms with Crippen molar-refractivity contribution in [2.45, 2.75) is 26.2 Å². The van der Waals surface area contributed by atoms with E-state index in [2.05, 4.69) is 30.4 Å². The first-order valence-electron chi connectivity index (χ1n) is 11.0. The third-order valence-electron chi connectivity index (χ3n) is 5.59. The predicted octanol–water partition coefficient (Wildman–Crippen LogP) is 2.35. The quantitative estimate of drug-likeness (QED) is 0.342. The number of aromatic nitrogens is 7. The minimum absolute atomic E-state index is 0.00309. The van der Waals surface area contributed by atoms with Gasteiger partial charge in [-0.2, -0.15) is 13.2 Å². The van der Waals surface area contributed by atoms with E-state index in [-0.39, 0.29) is 47.0 Å². The second kappa shape index (κ2) is 9.42. The molecule has 0 aliphatic rings. The molecular formula is C23H17F3N8O4. The van der Waals surface area contributed by atoms with E-state index in [1.807, 2.05) is 0 Å². The monoisotopic (exact) mass is 526 g/mol. The van der Waals surface area contributed by atoms with E-state index >= 15 is 0 Å². The van der Waals surface area contributed by atoms with Gasteiger partial charge in [-0.25, -0.2) is 14.8 Å². The highest BCUT2D eigenvalue weighted by molar-refractivity contribution is 5.90. The number of pyridine rings is 2. The van der Waals surface area contributed by atoms with Crippen LogP contribution in [-0.4, -0.2) is 40.1 Å². The van der Waals surface area contributed by atoms with E-state index in [1.54, 1.807) is 0 Å². The van der Waals surface area contributed by atoms with Gasteiger partial charge in [-0.1, -0.05) is 11.2 Å². The van der Waals surface area contributed by atoms with E-state index < -0.39 is 28.9 Å². The predicted molar refractivity (Wildman–Crippen MR) is 126 cm³/mol. The number of halogens is 3. The first kappa shape index (κ1) is 24.6. The van der Waals surface area contributed by atoms with Gasteiger partial charge in [-0.05, 0) is 25.1 Å². The lowest BCUT2D eigenvalue weighted by Crippen LogP contribution is -2.36. The Morgan fingerprint density at radius 2 is 2.00 bits per heavy atom. The Labute approximate surface area is 209 Å². The van der Waals surface area contributed by atoms with Crippen molar-refractivity contribution < 1.29 is 22.5 Å². The van der Waals surface area contributed by atoms with Crippen LogP contribution in [0, 0.1) is 6.92 Å². The summed E-state index contributed by atoms with van der Waals surface area (Å²) in [7, 11) is 0. The third-order valence-corrected chi connectivity index (χ3v) is 5.59. The molecule has 0 radical (unpaired) electrons. The van der Waals surface area contributed by atoms with Crippen LogP contribution in [0.15, 0.2) is 63.2 Å². The Balaban J connectivity index is 1.39. The molecule has 5 aromatic rings. The van der Waals surface area contributed by atoms with Gasteiger partial charge < -0.3 is 14.4 Å². The molecule has 5 aromatic heterocycles. The molecule has 5 heterocycles. The molecule has 38 heavy (non-hydrogen) atoms. The average Bonchev–Trinajstić information content (AvgIpc) is 3.51. The molecule has 0 fully saturated rings. The number of imidazole rings is 1. The highest BCUT2D eigenvalue weighted by atomic mass is 19.4. The van der Waals surface area contributed by atoms with Gasteiger partial charge in [-0.15, -0.1) is 0 Å². The van der Waals surface area contributed by atoms with Crippen molar-refractivity contribution in [1.82, 2.24) is 34.2 Å². The molecular weight excluding hydrogens is 509 g/mol. The van der Waals surface area contributed by atoms with E-state index in [1.165, 1.54) is 54.5 Å². The second-order valence-electron chi connectivity index (χ2n) is 8.19. The molecule has 0 unspecified atom stereocenters. The molecule has 0 aliphatic carbocycles. The molecule has 0 atom stereocenters. The summed E-state index contributed by atoms with van der Waals surface area (Å²) in [6, 6.07) is 6.91. The standard InChI is InChI=1S/C23H17F3N8O4/c1-12-15(23(24,25)26)7-13(8-27-12)16-3-2-4-17(29-16)30-18(35)10-33-11-28-20-19(33)21(36)34(22(37)31-20)9-14-5-6-38-32-14/h2-8,11H,9-10H2,1H3,(H,31,37)(H,29,30,35). The van der Waals surface area contributed by atoms with Gasteiger partial charge in [0.1, 0.15) is 24.3 Å². The number of aryl methyl sites for hydroxylation is 1. The maximum Gasteiger partial charge on any atom is 0.418 e. The number of nitrogens with one attached hydrogen (secondary N) is 2. The molecule has 15 heteroatoms. The number of anilines is 1. The first-order valence-corrected chi connectivity index (χ1v) is 11.0. The van der Waals surface area contributed by atoms with Gasteiger partial charge in [0.25, 0.3) is 5.56 Å². The number of alkyl halides is 3. The van der Waals surface area contributed by atoms with Gasteiger partial charge in [0.15, 0.2) is 11.2 Å². The summed E-state index contributed by atoms with van der Waals surface area (Å²) in [5.74, 6) is -0.525. The normalized spacial score (nSPS) is 11.7. The zero-order valence-electron chi connectivity index (χ0n) is 19.5. The summed E-state index contributed by atoms with van der Waals surface area (Å²) < 4.78 is 46.7. The topological polar surface area (TPSA) is 154 Å². The Hall–Kier alpha value is -5.08. The lowest BCUT2D eigenvalue weighted by atomic mass is 10.1. The zero-order valence-corrected chi connectivity index (χ0v) is 19.5. The van der Waals surface area contributed by atoms with E-state index in [0.717, 1.165) is 10.6 Å². The van der Waals surface area contributed by atoms with E-state index in [4.69, 9.17) is 4.52 Å². The molecule has 0 saturated carbocycles. The number of amides is 1. The number of rotatable bonds is 6. The number of fused-ring (bicyclic) bond motifs is 1. The van der Waals surface area contributed by atoms with Crippen molar-refractivity contribution in [2.75, 3.05) is 5.32 Å². The molecule has 12 nitrogen and oxygen atoms in total. The van der Waals surface area contributed by atoms with Crippen LogP contribution in [0.5, 0.6) is 0 Å². The fourth-order valence-electron chi connectivity index (χ4n) is 3.79. The van der Waals surface area contributed by atoms with Gasteiger partial charge in [0, 0.05) is 23.5 Å². The van der Waals surface area contributed by atoms with Crippen molar-refractivity contribution in [3.8, 4) is 11.3 Å². The largest absolute Gasteiger partial charge is 0.418 e. The van der Waals surface area contributed by atoms with E-state index in [0.29, 0.717) is 5.69 Å². The van der Waals surface area contributed by atoms with Crippen LogP contribution in [0.25, 0.3) is 22.4 Å². The van der Waals surface area contributed by atoms with Crippen LogP contribution in [0.1, 0.15) is 17.0 Å². The van der Waals surface area contributed by atoms with Crippen LogP contribution < -0.4 is 16.6 Å². The fourth-order valence-corrected chi connectivity index (χ4v) is 3.79. The van der Waals surface area contributed by atoms with Gasteiger partial charge in [0.2, 0.25) is 5.91 Å². The molecule has 0 aromatic carbocycles. The summed E-state index contributed by atoms with van der Waals surface area (Å²) in [6.45, 7) is 0.742. The van der Waals surface area contributed by atoms with Crippen molar-refractivity contribution >= 4 is 22.9 Å². The Bertz CT molecular complexity index is 1770. The molecule has 5 rings (SSSR count). The average molecular weight is 526 g/mol. The summed E-state index contributed by atoms with van der Waals surface area (Å²) in [5.41, 5.74) is -1.83. The summed E-state index contributed by atoms with van der Waals surface area (Å²) in [4.78, 5) is 52.6. The van der Waals surface area contributed by atoms with Crippen LogP contribution in [0.3, 0.4) is 0 Å². The van der Waals surface area contributed by atoms with Gasteiger partial charge in [-0.3, -0.25) is 24.1 Å². The number of carbonyl (C=O) groups excluding carboxylic acids is 1. The minimum Gasteiger partial charge on any atom is -0.364 e. The zero-order chi connectivity index (χ0) is 27.0. The molecule has 194 valence electrons. The van der Waals surface area contributed by atoms with Crippen LogP contribution in [0.2, 0.25) is 0 Å². The molecule has 0 bridgehead atoms. The lowest BCUT2D eigenvalue weighted by Gasteiger charge is -2.12. The Morgan fingerprint density at radius 3 is 2.74 bits per heavy atom. The van der Waals surface area contributed by atoms with Gasteiger partial charge >= 0.3 is 11.9 Å². The van der Waals surface area contributed by atoms with E-state index in [9.17, 15) is 27.6 Å². The first-order chi connectivity index (χ1) is 18.1. The lowest BCUT2D eigenvalue weighted by molar-refractivity contribution is -0.138. The van der Waals surface area contributed by atoms with Crippen LogP contribution >= 0.6 is 0 Å². The Morgan fingerprint density at radius 1 is 1.18 bits per heavy atom. The maximum absolute atomic E-state index is 13.3. The highest BCUT2D eigenvalue weighted by Gasteiger charge is 2.33. The minimum atomic E-state index is -4.58.